The number of anilines is 2. The number of unbranched alkanes of at least 4 members (excludes halogenated alkanes) is 1. The number of phenols is 1. The van der Waals surface area contributed by atoms with Crippen LogP contribution in [0.3, 0.4) is 0 Å². The molecule has 2 aromatic carbocycles. The molecule has 3 N–H and O–H groups in total. The molecule has 0 spiro atoms. The van der Waals surface area contributed by atoms with E-state index >= 15 is 0 Å². The van der Waals surface area contributed by atoms with Crippen LogP contribution in [0, 0.1) is 17.7 Å². The predicted molar refractivity (Wildman–Crippen MR) is 157 cm³/mol. The van der Waals surface area contributed by atoms with Crippen molar-refractivity contribution in [2.75, 3.05) is 19.5 Å². The predicted octanol–water partition coefficient (Wildman–Crippen LogP) is 8.03. The molecule has 0 saturated heterocycles. The summed E-state index contributed by atoms with van der Waals surface area (Å²) in [5.41, 5.74) is 0.734. The minimum absolute atomic E-state index is 0.00729. The summed E-state index contributed by atoms with van der Waals surface area (Å²) in [6, 6.07) is 7.65. The number of phenolic OH excluding ortho intramolecular Hbond substituents is 1. The first-order valence-corrected chi connectivity index (χ1v) is 14.0. The van der Waals surface area contributed by atoms with E-state index in [0.29, 0.717) is 22.5 Å². The van der Waals surface area contributed by atoms with E-state index in [1.165, 1.54) is 64.1 Å². The molecule has 0 unspecified atom stereocenters. The fourth-order valence-electron chi connectivity index (χ4n) is 4.26. The van der Waals surface area contributed by atoms with Crippen LogP contribution in [0.4, 0.5) is 15.9 Å². The molecule has 1 atom stereocenters. The second-order valence-electron chi connectivity index (χ2n) is 9.89. The highest BCUT2D eigenvalue weighted by Crippen LogP contribution is 2.34. The molecule has 214 valence electrons. The van der Waals surface area contributed by atoms with Crippen LogP contribution in [0.25, 0.3) is 10.9 Å². The molecule has 4 rings (SSSR count). The number of halogens is 2. The number of carbonyl (C=O) groups is 1. The van der Waals surface area contributed by atoms with Crippen LogP contribution in [0.15, 0.2) is 36.7 Å². The Hall–Kier alpha value is -3.13. The summed E-state index contributed by atoms with van der Waals surface area (Å²) in [6.45, 7) is 6.46. The van der Waals surface area contributed by atoms with E-state index in [9.17, 15) is 14.3 Å². The van der Waals surface area contributed by atoms with Gasteiger partial charge in [-0.3, -0.25) is 4.79 Å². The van der Waals surface area contributed by atoms with Crippen LogP contribution in [0.1, 0.15) is 72.1 Å². The standard InChI is InChI=1S/C15H11ClFN3O2.C8H17NO.C7H14/c1-22-13-6-11-8(5-12(13)21)15(19-7-18-11)20-10-4-2-3-9(16)14(10)17;1-4-5-6-7(2)8(10)9-3;1-7-5-3-2-4-6-7/h2-7,21H,1H3,(H,18,19,20);7H,4-6H2,1-3H3,(H,9,10);7H,2-6H2,1H3/t;7-;/m.0./s1. The van der Waals surface area contributed by atoms with E-state index < -0.39 is 5.82 Å². The van der Waals surface area contributed by atoms with Crippen LogP contribution in [-0.4, -0.2) is 35.1 Å². The largest absolute Gasteiger partial charge is 0.504 e. The molecule has 9 heteroatoms. The van der Waals surface area contributed by atoms with Crippen molar-refractivity contribution in [3.05, 3.63) is 47.5 Å². The lowest BCUT2D eigenvalue weighted by atomic mass is 9.91. The molecule has 1 aromatic heterocycles. The molecular weight excluding hydrogens is 519 g/mol. The Morgan fingerprint density at radius 1 is 1.23 bits per heavy atom. The average molecular weight is 561 g/mol. The Kier molecular flexibility index (Phi) is 13.8. The van der Waals surface area contributed by atoms with E-state index in [0.717, 1.165) is 18.8 Å². The normalized spacial score (nSPS) is 13.8. The van der Waals surface area contributed by atoms with E-state index in [2.05, 4.69) is 34.4 Å². The smallest absolute Gasteiger partial charge is 0.222 e. The number of aromatic nitrogens is 2. The number of ether oxygens (including phenoxy) is 1. The van der Waals surface area contributed by atoms with Crippen molar-refractivity contribution in [2.45, 2.75) is 72.1 Å². The van der Waals surface area contributed by atoms with E-state index in [1.807, 2.05) is 6.92 Å². The van der Waals surface area contributed by atoms with Crippen molar-refractivity contribution in [1.82, 2.24) is 15.3 Å². The zero-order valence-corrected chi connectivity index (χ0v) is 24.4. The van der Waals surface area contributed by atoms with Gasteiger partial charge in [0, 0.05) is 24.4 Å². The Bertz CT molecular complexity index is 1190. The number of benzene rings is 2. The first kappa shape index (κ1) is 32.1. The van der Waals surface area contributed by atoms with Gasteiger partial charge in [-0.05, 0) is 30.5 Å². The number of nitrogens with one attached hydrogen (secondary N) is 2. The summed E-state index contributed by atoms with van der Waals surface area (Å²) < 4.78 is 19.0. The number of rotatable bonds is 7. The van der Waals surface area contributed by atoms with Crippen LogP contribution < -0.4 is 15.4 Å². The maximum Gasteiger partial charge on any atom is 0.222 e. The third-order valence-corrected chi connectivity index (χ3v) is 7.01. The first-order chi connectivity index (χ1) is 18.7. The molecule has 39 heavy (non-hydrogen) atoms. The molecule has 1 fully saturated rings. The Morgan fingerprint density at radius 2 is 1.95 bits per heavy atom. The Labute approximate surface area is 236 Å². The third kappa shape index (κ3) is 10.2. The van der Waals surface area contributed by atoms with Gasteiger partial charge in [0.2, 0.25) is 5.91 Å². The van der Waals surface area contributed by atoms with Crippen molar-refractivity contribution in [3.8, 4) is 11.5 Å². The highest BCUT2D eigenvalue weighted by Gasteiger charge is 2.13. The van der Waals surface area contributed by atoms with Gasteiger partial charge in [0.15, 0.2) is 17.3 Å². The Balaban J connectivity index is 0.000000259. The van der Waals surface area contributed by atoms with Crippen molar-refractivity contribution in [3.63, 3.8) is 0 Å². The van der Waals surface area contributed by atoms with Gasteiger partial charge in [0.05, 0.1) is 23.3 Å². The maximum atomic E-state index is 14.0. The lowest BCUT2D eigenvalue weighted by Gasteiger charge is -2.15. The molecule has 1 aliphatic rings. The first-order valence-electron chi connectivity index (χ1n) is 13.7. The lowest BCUT2D eigenvalue weighted by molar-refractivity contribution is -0.124. The molecule has 1 aliphatic carbocycles. The second kappa shape index (κ2) is 16.7. The van der Waals surface area contributed by atoms with Gasteiger partial charge < -0.3 is 20.5 Å². The number of hydrogen-bond acceptors (Lipinski definition) is 6. The summed E-state index contributed by atoms with van der Waals surface area (Å²) in [5.74, 6) is 1.40. The summed E-state index contributed by atoms with van der Waals surface area (Å²) in [4.78, 5) is 19.1. The van der Waals surface area contributed by atoms with Crippen molar-refractivity contribution in [1.29, 1.82) is 0 Å². The number of aromatic hydroxyl groups is 1. The number of carbonyl (C=O) groups excluding carboxylic acids is 1. The Morgan fingerprint density at radius 3 is 2.54 bits per heavy atom. The molecule has 0 radical (unpaired) electrons. The molecule has 0 bridgehead atoms. The van der Waals surface area contributed by atoms with Crippen molar-refractivity contribution < 1.29 is 19.0 Å². The van der Waals surface area contributed by atoms with Crippen molar-refractivity contribution >= 4 is 39.9 Å². The van der Waals surface area contributed by atoms with Crippen LogP contribution >= 0.6 is 11.6 Å². The van der Waals surface area contributed by atoms with Crippen LogP contribution in [-0.2, 0) is 4.79 Å². The fourth-order valence-corrected chi connectivity index (χ4v) is 4.43. The molecule has 3 aromatic rings. The minimum atomic E-state index is -0.575. The van der Waals surface area contributed by atoms with Gasteiger partial charge in [-0.15, -0.1) is 0 Å². The van der Waals surface area contributed by atoms with Gasteiger partial charge in [-0.1, -0.05) is 83.4 Å². The number of nitrogens with zero attached hydrogens (tertiary/aromatic N) is 2. The topological polar surface area (TPSA) is 96.4 Å². The van der Waals surface area contributed by atoms with Gasteiger partial charge in [-0.25, -0.2) is 14.4 Å². The number of methoxy groups -OCH3 is 1. The average Bonchev–Trinajstić information content (AvgIpc) is 2.94. The maximum absolute atomic E-state index is 14.0. The van der Waals surface area contributed by atoms with Gasteiger partial charge in [-0.2, -0.15) is 0 Å². The molecule has 1 amide bonds. The van der Waals surface area contributed by atoms with E-state index in [1.54, 1.807) is 25.2 Å². The number of amides is 1. The van der Waals surface area contributed by atoms with Crippen LogP contribution in [0.5, 0.6) is 11.5 Å². The quantitative estimate of drug-likeness (QED) is 0.271. The molecule has 0 aliphatic heterocycles. The van der Waals surface area contributed by atoms with E-state index in [-0.39, 0.29) is 28.3 Å². The molecule has 1 saturated carbocycles. The molecule has 1 heterocycles. The van der Waals surface area contributed by atoms with E-state index in [4.69, 9.17) is 16.3 Å². The molecular formula is C30H42ClFN4O3. The molecule has 7 nitrogen and oxygen atoms in total. The second-order valence-corrected chi connectivity index (χ2v) is 10.3. The summed E-state index contributed by atoms with van der Waals surface area (Å²) in [5, 5.41) is 15.9. The van der Waals surface area contributed by atoms with Crippen LogP contribution in [0.2, 0.25) is 5.02 Å². The highest BCUT2D eigenvalue weighted by atomic mass is 35.5. The summed E-state index contributed by atoms with van der Waals surface area (Å²) in [6.07, 6.45) is 12.1. The number of hydrogen-bond donors (Lipinski definition) is 3. The zero-order valence-electron chi connectivity index (χ0n) is 23.7. The summed E-state index contributed by atoms with van der Waals surface area (Å²) >= 11 is 5.76. The third-order valence-electron chi connectivity index (χ3n) is 6.72. The fraction of sp³-hybridized carbons (Fsp3) is 0.500. The zero-order chi connectivity index (χ0) is 28.8. The SMILES string of the molecule is CC1CCCCC1.CCCC[C@H](C)C(=O)NC.COc1cc2ncnc(Nc3cccc(Cl)c3F)c2cc1O. The minimum Gasteiger partial charge on any atom is -0.504 e. The monoisotopic (exact) mass is 560 g/mol. The highest BCUT2D eigenvalue weighted by molar-refractivity contribution is 6.31. The number of fused-ring (bicyclic) bond motifs is 1. The van der Waals surface area contributed by atoms with Crippen molar-refractivity contribution in [2.24, 2.45) is 11.8 Å². The van der Waals surface area contributed by atoms with Gasteiger partial charge in [0.25, 0.3) is 0 Å². The van der Waals surface area contributed by atoms with Gasteiger partial charge in [0.1, 0.15) is 12.1 Å². The summed E-state index contributed by atoms with van der Waals surface area (Å²) in [7, 11) is 3.13. The van der Waals surface area contributed by atoms with Gasteiger partial charge >= 0.3 is 0 Å². The lowest BCUT2D eigenvalue weighted by Crippen LogP contribution is -2.25.